The maximum absolute atomic E-state index is 12.4. The maximum atomic E-state index is 12.4. The molecular formula is C9H10FNO5S. The molecule has 0 aliphatic carbocycles. The van der Waals surface area contributed by atoms with Crippen LogP contribution in [0.2, 0.25) is 0 Å². The predicted molar refractivity (Wildman–Crippen MR) is 56.4 cm³/mol. The molecule has 0 spiro atoms. The molecule has 1 rings (SSSR count). The molecule has 8 heteroatoms. The number of aliphatic carboxylic acids is 1. The molecule has 1 atom stereocenters. The minimum absolute atomic E-state index is 0.166. The molecule has 1 aromatic rings. The Hall–Kier alpha value is -1.67. The molecule has 3 N–H and O–H groups in total. The summed E-state index contributed by atoms with van der Waals surface area (Å²) < 4.78 is 37.1. The second-order valence-electron chi connectivity index (χ2n) is 3.23. The van der Waals surface area contributed by atoms with Crippen molar-refractivity contribution in [3.05, 3.63) is 29.8 Å². The van der Waals surface area contributed by atoms with Crippen LogP contribution in [0.25, 0.3) is 0 Å². The van der Waals surface area contributed by atoms with Crippen LogP contribution in [0.5, 0.6) is 5.75 Å². The molecule has 0 saturated heterocycles. The van der Waals surface area contributed by atoms with Gasteiger partial charge in [0.2, 0.25) is 0 Å². The van der Waals surface area contributed by atoms with Gasteiger partial charge in [0.15, 0.2) is 0 Å². The van der Waals surface area contributed by atoms with E-state index in [1.807, 2.05) is 0 Å². The number of hydrogen-bond donors (Lipinski definition) is 2. The van der Waals surface area contributed by atoms with Crippen molar-refractivity contribution in [3.8, 4) is 5.75 Å². The van der Waals surface area contributed by atoms with E-state index in [-0.39, 0.29) is 17.7 Å². The first kappa shape index (κ1) is 13.4. The van der Waals surface area contributed by atoms with Gasteiger partial charge < -0.3 is 15.0 Å². The number of carbonyl (C=O) groups is 1. The van der Waals surface area contributed by atoms with Crippen molar-refractivity contribution < 1.29 is 26.4 Å². The Bertz CT molecular complexity index is 516. The molecule has 6 nitrogen and oxygen atoms in total. The van der Waals surface area contributed by atoms with E-state index in [0.717, 1.165) is 0 Å². The van der Waals surface area contributed by atoms with Gasteiger partial charge in [-0.3, -0.25) is 4.79 Å². The van der Waals surface area contributed by atoms with E-state index in [4.69, 9.17) is 10.8 Å². The van der Waals surface area contributed by atoms with Gasteiger partial charge in [-0.25, -0.2) is 0 Å². The highest BCUT2D eigenvalue weighted by Gasteiger charge is 2.18. The Labute approximate surface area is 97.2 Å². The van der Waals surface area contributed by atoms with Crippen LogP contribution in [0.15, 0.2) is 24.3 Å². The van der Waals surface area contributed by atoms with Crippen LogP contribution in [0, 0.1) is 0 Å². The van der Waals surface area contributed by atoms with Crippen LogP contribution in [-0.4, -0.2) is 25.5 Å². The van der Waals surface area contributed by atoms with Crippen molar-refractivity contribution in [3.63, 3.8) is 0 Å². The normalized spacial score (nSPS) is 13.1. The van der Waals surface area contributed by atoms with Crippen molar-refractivity contribution in [1.82, 2.24) is 0 Å². The van der Waals surface area contributed by atoms with Crippen LogP contribution >= 0.6 is 0 Å². The molecule has 1 aromatic carbocycles. The third-order valence-corrected chi connectivity index (χ3v) is 2.30. The second kappa shape index (κ2) is 5.11. The number of hydrogen-bond acceptors (Lipinski definition) is 5. The molecule has 94 valence electrons. The van der Waals surface area contributed by atoms with Gasteiger partial charge in [0.25, 0.3) is 0 Å². The average Bonchev–Trinajstić information content (AvgIpc) is 2.18. The summed E-state index contributed by atoms with van der Waals surface area (Å²) in [5.74, 6) is -1.52. The highest BCUT2D eigenvalue weighted by atomic mass is 32.3. The van der Waals surface area contributed by atoms with Gasteiger partial charge in [-0.1, -0.05) is 22.1 Å². The van der Waals surface area contributed by atoms with E-state index < -0.39 is 22.5 Å². The maximum Gasteiger partial charge on any atom is 0.488 e. The van der Waals surface area contributed by atoms with E-state index in [0.29, 0.717) is 0 Å². The number of para-hydroxylation sites is 1. The standard InChI is InChI=1S/C9H10FNO5S/c10-17(14,15)16-8-4-2-1-3-6(8)5-7(11)9(12)13/h1-4,7H,5,11H2,(H,12,13)/t7-/m1/s1. The Morgan fingerprint density at radius 2 is 2.06 bits per heavy atom. The van der Waals surface area contributed by atoms with Crippen LogP contribution < -0.4 is 9.92 Å². The van der Waals surface area contributed by atoms with Gasteiger partial charge in [0.1, 0.15) is 11.8 Å². The Morgan fingerprint density at radius 1 is 1.47 bits per heavy atom. The summed E-state index contributed by atoms with van der Waals surface area (Å²) in [6.45, 7) is 0. The molecular weight excluding hydrogens is 253 g/mol. The van der Waals surface area contributed by atoms with Crippen LogP contribution in [0.3, 0.4) is 0 Å². The SMILES string of the molecule is N[C@H](Cc1ccccc1OS(=O)(=O)F)C(=O)O. The molecule has 0 saturated carbocycles. The lowest BCUT2D eigenvalue weighted by Gasteiger charge is -2.10. The van der Waals surface area contributed by atoms with Gasteiger partial charge in [-0.05, 0) is 11.6 Å². The molecule has 17 heavy (non-hydrogen) atoms. The van der Waals surface area contributed by atoms with Gasteiger partial charge in [-0.15, -0.1) is 0 Å². The average molecular weight is 263 g/mol. The van der Waals surface area contributed by atoms with Gasteiger partial charge in [0.05, 0.1) is 0 Å². The summed E-state index contributed by atoms with van der Waals surface area (Å²) in [5, 5.41) is 8.61. The molecule has 0 unspecified atom stereocenters. The van der Waals surface area contributed by atoms with Crippen molar-refractivity contribution >= 4 is 16.5 Å². The van der Waals surface area contributed by atoms with Crippen molar-refractivity contribution in [2.24, 2.45) is 5.73 Å². The fourth-order valence-electron chi connectivity index (χ4n) is 1.19. The first-order valence-electron chi connectivity index (χ1n) is 4.50. The van der Waals surface area contributed by atoms with E-state index in [9.17, 15) is 17.1 Å². The third kappa shape index (κ3) is 4.37. The molecule has 0 amide bonds. The molecule has 0 fully saturated rings. The van der Waals surface area contributed by atoms with Crippen molar-refractivity contribution in [2.75, 3.05) is 0 Å². The Morgan fingerprint density at radius 3 is 2.59 bits per heavy atom. The number of carboxylic acids is 1. The number of rotatable bonds is 5. The fraction of sp³-hybridized carbons (Fsp3) is 0.222. The summed E-state index contributed by atoms with van der Waals surface area (Å²) in [5.41, 5.74) is 5.48. The smallest absolute Gasteiger partial charge is 0.480 e. The summed E-state index contributed by atoms with van der Waals surface area (Å²) in [4.78, 5) is 10.5. The van der Waals surface area contributed by atoms with E-state index in [1.165, 1.54) is 24.3 Å². The highest BCUT2D eigenvalue weighted by Crippen LogP contribution is 2.21. The minimum Gasteiger partial charge on any atom is -0.480 e. The molecule has 0 heterocycles. The van der Waals surface area contributed by atoms with Crippen molar-refractivity contribution in [2.45, 2.75) is 12.5 Å². The topological polar surface area (TPSA) is 107 Å². The minimum atomic E-state index is -5.14. The van der Waals surface area contributed by atoms with Crippen LogP contribution in [-0.2, 0) is 21.7 Å². The summed E-state index contributed by atoms with van der Waals surface area (Å²) >= 11 is 0. The fourth-order valence-corrected chi connectivity index (χ4v) is 1.56. The lowest BCUT2D eigenvalue weighted by Crippen LogP contribution is -2.32. The lowest BCUT2D eigenvalue weighted by molar-refractivity contribution is -0.138. The molecule has 0 aliphatic heterocycles. The molecule has 0 bridgehead atoms. The van der Waals surface area contributed by atoms with Gasteiger partial charge >= 0.3 is 16.5 Å². The summed E-state index contributed by atoms with van der Waals surface area (Å²) in [6, 6.07) is 4.35. The summed E-state index contributed by atoms with van der Waals surface area (Å²) in [6.07, 6.45) is -0.166. The molecule has 0 aromatic heterocycles. The van der Waals surface area contributed by atoms with E-state index >= 15 is 0 Å². The second-order valence-corrected chi connectivity index (χ2v) is 4.19. The van der Waals surface area contributed by atoms with E-state index in [2.05, 4.69) is 4.18 Å². The number of halogens is 1. The highest BCUT2D eigenvalue weighted by molar-refractivity contribution is 7.81. The monoisotopic (exact) mass is 263 g/mol. The van der Waals surface area contributed by atoms with Crippen molar-refractivity contribution in [1.29, 1.82) is 0 Å². The van der Waals surface area contributed by atoms with Gasteiger partial charge in [0, 0.05) is 6.42 Å². The molecule has 0 radical (unpaired) electrons. The zero-order chi connectivity index (χ0) is 13.1. The quantitative estimate of drug-likeness (QED) is 0.737. The van der Waals surface area contributed by atoms with Gasteiger partial charge in [-0.2, -0.15) is 8.42 Å². The number of carboxylic acid groups (broad SMARTS) is 1. The van der Waals surface area contributed by atoms with Crippen LogP contribution in [0.4, 0.5) is 3.89 Å². The van der Waals surface area contributed by atoms with Crippen LogP contribution in [0.1, 0.15) is 5.56 Å². The lowest BCUT2D eigenvalue weighted by atomic mass is 10.1. The summed E-state index contributed by atoms with van der Waals surface area (Å²) in [7, 11) is -5.14. The third-order valence-electron chi connectivity index (χ3n) is 1.92. The Kier molecular flexibility index (Phi) is 4.02. The Balaban J connectivity index is 2.96. The number of benzene rings is 1. The zero-order valence-corrected chi connectivity index (χ0v) is 9.35. The first-order chi connectivity index (χ1) is 7.79. The first-order valence-corrected chi connectivity index (χ1v) is 5.81. The van der Waals surface area contributed by atoms with E-state index in [1.54, 1.807) is 0 Å². The molecule has 0 aliphatic rings. The zero-order valence-electron chi connectivity index (χ0n) is 8.54. The predicted octanol–water partition coefficient (Wildman–Crippen LogP) is 0.234. The number of nitrogens with two attached hydrogens (primary N) is 1. The largest absolute Gasteiger partial charge is 0.488 e.